The molecule has 0 radical (unpaired) electrons. The van der Waals surface area contributed by atoms with Crippen molar-refractivity contribution in [3.63, 3.8) is 0 Å². The molecule has 3 heterocycles. The molecule has 2 saturated heterocycles. The molecular formula is C27H31N3O3. The number of hydrogen-bond acceptors (Lipinski definition) is 6. The number of benzene rings is 2. The van der Waals surface area contributed by atoms with Gasteiger partial charge in [0.05, 0.1) is 5.41 Å². The largest absolute Gasteiger partial charge is 0.461 e. The topological polar surface area (TPSA) is 68.5 Å². The van der Waals surface area contributed by atoms with Crippen LogP contribution in [0.25, 0.3) is 0 Å². The van der Waals surface area contributed by atoms with Crippen molar-refractivity contribution in [2.24, 2.45) is 5.92 Å². The molecule has 3 aliphatic rings. The maximum absolute atomic E-state index is 11.7. The molecule has 6 heteroatoms. The minimum absolute atomic E-state index is 0.0106. The Hall–Kier alpha value is -2.99. The third-order valence-electron chi connectivity index (χ3n) is 7.34. The molecule has 3 aromatic rings. The lowest BCUT2D eigenvalue weighted by Gasteiger charge is -2.50. The Balaban J connectivity index is 1.52. The quantitative estimate of drug-likeness (QED) is 0.498. The monoisotopic (exact) mass is 445 g/mol. The fraction of sp³-hybridized carbons (Fsp3) is 0.444. The molecule has 3 fully saturated rings. The van der Waals surface area contributed by atoms with Gasteiger partial charge in [0.25, 0.3) is 0 Å². The Labute approximate surface area is 195 Å². The van der Waals surface area contributed by atoms with E-state index in [1.54, 1.807) is 0 Å². The molecule has 2 aromatic carbocycles. The van der Waals surface area contributed by atoms with Crippen LogP contribution >= 0.6 is 0 Å². The van der Waals surface area contributed by atoms with Crippen molar-refractivity contribution in [3.8, 4) is 0 Å². The van der Waals surface area contributed by atoms with E-state index in [1.807, 2.05) is 19.1 Å². The molecule has 6 nitrogen and oxygen atoms in total. The highest BCUT2D eigenvalue weighted by Gasteiger charge is 2.46. The van der Waals surface area contributed by atoms with Gasteiger partial charge in [0.15, 0.2) is 0 Å². The summed E-state index contributed by atoms with van der Waals surface area (Å²) in [6.45, 7) is 5.25. The number of piperidine rings is 2. The molecule has 0 N–H and O–H groups in total. The van der Waals surface area contributed by atoms with Gasteiger partial charge < -0.3 is 9.15 Å². The average molecular weight is 446 g/mol. The molecule has 1 aliphatic carbocycles. The van der Waals surface area contributed by atoms with E-state index in [0.29, 0.717) is 17.7 Å². The van der Waals surface area contributed by atoms with Gasteiger partial charge in [-0.15, -0.1) is 10.2 Å². The molecule has 172 valence electrons. The van der Waals surface area contributed by atoms with Gasteiger partial charge in [-0.2, -0.15) is 0 Å². The molecule has 3 atom stereocenters. The summed E-state index contributed by atoms with van der Waals surface area (Å²) in [5, 5.41) is 8.73. The number of aryl methyl sites for hydroxylation is 1. The normalized spacial score (nSPS) is 22.9. The summed E-state index contributed by atoms with van der Waals surface area (Å²) in [7, 11) is 0. The Bertz CT molecular complexity index is 1040. The first-order valence-corrected chi connectivity index (χ1v) is 11.9. The lowest BCUT2D eigenvalue weighted by molar-refractivity contribution is -0.158. The number of ether oxygens (including phenoxy) is 1. The number of carbonyl (C=O) groups is 1. The molecule has 3 unspecified atom stereocenters. The van der Waals surface area contributed by atoms with E-state index >= 15 is 0 Å². The fourth-order valence-electron chi connectivity index (χ4n) is 5.88. The van der Waals surface area contributed by atoms with Gasteiger partial charge in [-0.1, -0.05) is 60.7 Å². The van der Waals surface area contributed by atoms with E-state index in [2.05, 4.69) is 63.6 Å². The van der Waals surface area contributed by atoms with E-state index in [0.717, 1.165) is 43.5 Å². The average Bonchev–Trinajstić information content (AvgIpc) is 3.27. The van der Waals surface area contributed by atoms with Gasteiger partial charge in [0, 0.05) is 33.0 Å². The number of aromatic nitrogens is 2. The van der Waals surface area contributed by atoms with Crippen LogP contribution in [0, 0.1) is 12.8 Å². The molecule has 1 saturated carbocycles. The maximum atomic E-state index is 11.7. The first-order valence-electron chi connectivity index (χ1n) is 11.9. The Morgan fingerprint density at radius 3 is 2.27 bits per heavy atom. The van der Waals surface area contributed by atoms with Crippen molar-refractivity contribution < 1.29 is 13.9 Å². The predicted octanol–water partition coefficient (Wildman–Crippen LogP) is 4.52. The van der Waals surface area contributed by atoms with E-state index < -0.39 is 5.41 Å². The van der Waals surface area contributed by atoms with Crippen molar-refractivity contribution in [2.75, 3.05) is 13.1 Å². The van der Waals surface area contributed by atoms with Crippen LogP contribution in [0.2, 0.25) is 0 Å². The summed E-state index contributed by atoms with van der Waals surface area (Å²) < 4.78 is 11.8. The van der Waals surface area contributed by atoms with E-state index in [1.165, 1.54) is 13.3 Å². The number of nitrogens with zero attached hydrogens (tertiary/aromatic N) is 3. The molecular weight excluding hydrogens is 414 g/mol. The fourth-order valence-corrected chi connectivity index (χ4v) is 5.88. The van der Waals surface area contributed by atoms with Gasteiger partial charge in [-0.25, -0.2) is 0 Å². The standard InChI is InChI=1S/C27H31N3O3/c1-19-28-29-26(32-19)27(22-9-5-3-6-10-22,23-11-7-4-8-12-23)15-16-30-18-21-13-14-24(30)25(17-21)33-20(2)31/h3-12,21,24-25H,13-18H2,1-2H3. The minimum Gasteiger partial charge on any atom is -0.461 e. The number of rotatable bonds is 7. The van der Waals surface area contributed by atoms with Crippen LogP contribution < -0.4 is 0 Å². The maximum Gasteiger partial charge on any atom is 0.302 e. The molecule has 6 rings (SSSR count). The second-order valence-corrected chi connectivity index (χ2v) is 9.40. The van der Waals surface area contributed by atoms with Gasteiger partial charge in [0.2, 0.25) is 11.8 Å². The third kappa shape index (κ3) is 4.20. The van der Waals surface area contributed by atoms with E-state index in [4.69, 9.17) is 9.15 Å². The molecule has 33 heavy (non-hydrogen) atoms. The minimum atomic E-state index is -0.558. The smallest absolute Gasteiger partial charge is 0.302 e. The molecule has 2 bridgehead atoms. The van der Waals surface area contributed by atoms with Crippen molar-refractivity contribution >= 4 is 5.97 Å². The van der Waals surface area contributed by atoms with Gasteiger partial charge in [0.1, 0.15) is 6.10 Å². The molecule has 2 aliphatic heterocycles. The van der Waals surface area contributed by atoms with Crippen LogP contribution in [0.5, 0.6) is 0 Å². The summed E-state index contributed by atoms with van der Waals surface area (Å²) >= 11 is 0. The highest BCUT2D eigenvalue weighted by atomic mass is 16.5. The molecule has 0 amide bonds. The molecule has 0 spiro atoms. The summed E-state index contributed by atoms with van der Waals surface area (Å²) in [6, 6.07) is 21.2. The van der Waals surface area contributed by atoms with Crippen molar-refractivity contribution in [3.05, 3.63) is 83.6 Å². The zero-order valence-electron chi connectivity index (χ0n) is 19.3. The van der Waals surface area contributed by atoms with Crippen LogP contribution in [0.3, 0.4) is 0 Å². The van der Waals surface area contributed by atoms with Crippen LogP contribution in [0.4, 0.5) is 0 Å². The van der Waals surface area contributed by atoms with E-state index in [-0.39, 0.29) is 18.1 Å². The Kier molecular flexibility index (Phi) is 6.02. The number of carbonyl (C=O) groups excluding carboxylic acids is 1. The van der Waals surface area contributed by atoms with Crippen molar-refractivity contribution in [1.82, 2.24) is 15.1 Å². The Morgan fingerprint density at radius 2 is 1.73 bits per heavy atom. The van der Waals surface area contributed by atoms with Crippen molar-refractivity contribution in [2.45, 2.75) is 57.1 Å². The number of esters is 1. The molecule has 1 aromatic heterocycles. The first-order chi connectivity index (χ1) is 16.1. The Morgan fingerprint density at radius 1 is 1.06 bits per heavy atom. The van der Waals surface area contributed by atoms with Crippen LogP contribution in [-0.4, -0.2) is 46.3 Å². The highest BCUT2D eigenvalue weighted by Crippen LogP contribution is 2.43. The van der Waals surface area contributed by atoms with Crippen LogP contribution in [0.15, 0.2) is 65.1 Å². The third-order valence-corrected chi connectivity index (χ3v) is 7.34. The zero-order chi connectivity index (χ0) is 22.8. The van der Waals surface area contributed by atoms with Crippen molar-refractivity contribution in [1.29, 1.82) is 0 Å². The predicted molar refractivity (Wildman–Crippen MR) is 125 cm³/mol. The summed E-state index contributed by atoms with van der Waals surface area (Å²) in [6.07, 6.45) is 4.05. The van der Waals surface area contributed by atoms with Gasteiger partial charge in [-0.3, -0.25) is 9.69 Å². The van der Waals surface area contributed by atoms with E-state index in [9.17, 15) is 4.79 Å². The highest BCUT2D eigenvalue weighted by molar-refractivity contribution is 5.66. The number of fused-ring (bicyclic) bond motifs is 3. The first kappa shape index (κ1) is 21.8. The SMILES string of the molecule is CC(=O)OC1CC2CCC1N(CCC(c1ccccc1)(c1ccccc1)c1nnc(C)o1)C2. The second kappa shape index (κ2) is 9.10. The van der Waals surface area contributed by atoms with Gasteiger partial charge in [-0.05, 0) is 42.7 Å². The second-order valence-electron chi connectivity index (χ2n) is 9.40. The zero-order valence-corrected chi connectivity index (χ0v) is 19.3. The van der Waals surface area contributed by atoms with Gasteiger partial charge >= 0.3 is 5.97 Å². The van der Waals surface area contributed by atoms with Crippen LogP contribution in [0.1, 0.15) is 55.5 Å². The lowest BCUT2D eigenvalue weighted by atomic mass is 9.71. The van der Waals surface area contributed by atoms with Crippen LogP contribution in [-0.2, 0) is 14.9 Å². The number of hydrogen-bond donors (Lipinski definition) is 0. The summed E-state index contributed by atoms with van der Waals surface area (Å²) in [4.78, 5) is 14.2. The summed E-state index contributed by atoms with van der Waals surface area (Å²) in [5.41, 5.74) is 1.72. The summed E-state index contributed by atoms with van der Waals surface area (Å²) in [5.74, 6) is 1.58. The lowest BCUT2D eigenvalue weighted by Crippen LogP contribution is -2.57.